The third-order valence-electron chi connectivity index (χ3n) is 2.32. The van der Waals surface area contributed by atoms with E-state index >= 15 is 0 Å². The van der Waals surface area contributed by atoms with Gasteiger partial charge < -0.3 is 9.84 Å². The van der Waals surface area contributed by atoms with Crippen molar-refractivity contribution >= 4 is 23.9 Å². The number of hydrogen-bond acceptors (Lipinski definition) is 3. The summed E-state index contributed by atoms with van der Waals surface area (Å²) in [6.45, 7) is 0. The minimum Gasteiger partial charge on any atom is -0.475 e. The first-order valence-corrected chi connectivity index (χ1v) is 6.39. The highest BCUT2D eigenvalue weighted by molar-refractivity contribution is 6.33. The molecule has 2 aromatic rings. The average molecular weight is 347 g/mol. The summed E-state index contributed by atoms with van der Waals surface area (Å²) in [5.41, 5.74) is 0.460. The van der Waals surface area contributed by atoms with Crippen LogP contribution in [0.25, 0.3) is 0 Å². The van der Waals surface area contributed by atoms with Gasteiger partial charge in [-0.3, -0.25) is 4.79 Å². The van der Waals surface area contributed by atoms with Crippen LogP contribution in [0.2, 0.25) is 5.02 Å². The maximum atomic E-state index is 10.6. The van der Waals surface area contributed by atoms with Crippen LogP contribution in [0.3, 0.4) is 0 Å². The van der Waals surface area contributed by atoms with Gasteiger partial charge in [0.05, 0.1) is 5.02 Å². The molecular formula is C15H10ClF3O4. The molecule has 4 nitrogen and oxygen atoms in total. The lowest BCUT2D eigenvalue weighted by Crippen LogP contribution is -2.21. The topological polar surface area (TPSA) is 63.6 Å². The van der Waals surface area contributed by atoms with Gasteiger partial charge in [0.25, 0.3) is 0 Å². The number of halogens is 4. The summed E-state index contributed by atoms with van der Waals surface area (Å²) < 4.78 is 37.3. The number of alkyl halides is 3. The van der Waals surface area contributed by atoms with Crippen molar-refractivity contribution in [2.24, 2.45) is 0 Å². The Balaban J connectivity index is 0.000000322. The van der Waals surface area contributed by atoms with E-state index in [1.165, 1.54) is 0 Å². The standard InChI is InChI=1S/C13H9ClO2.C2HF3O2/c14-13-8-12(7-6-10(13)9-15)16-11-4-2-1-3-5-11;3-2(4,5)1(6)7/h1-9H;(H,6,7). The summed E-state index contributed by atoms with van der Waals surface area (Å²) in [4.78, 5) is 19.5. The van der Waals surface area contributed by atoms with Gasteiger partial charge in [0.1, 0.15) is 11.5 Å². The first-order valence-electron chi connectivity index (χ1n) is 6.02. The lowest BCUT2D eigenvalue weighted by atomic mass is 10.2. The molecule has 2 aromatic carbocycles. The molecule has 0 aromatic heterocycles. The van der Waals surface area contributed by atoms with Gasteiger partial charge in [-0.25, -0.2) is 4.79 Å². The number of para-hydroxylation sites is 1. The predicted molar refractivity (Wildman–Crippen MR) is 77.0 cm³/mol. The summed E-state index contributed by atoms with van der Waals surface area (Å²) in [5.74, 6) is -1.41. The van der Waals surface area contributed by atoms with Crippen LogP contribution in [-0.4, -0.2) is 23.5 Å². The second-order valence-electron chi connectivity index (χ2n) is 4.02. The quantitative estimate of drug-likeness (QED) is 0.826. The van der Waals surface area contributed by atoms with Crippen molar-refractivity contribution in [3.05, 3.63) is 59.1 Å². The highest BCUT2D eigenvalue weighted by atomic mass is 35.5. The SMILES string of the molecule is O=C(O)C(F)(F)F.O=Cc1ccc(Oc2ccccc2)cc1Cl. The van der Waals surface area contributed by atoms with E-state index in [4.69, 9.17) is 26.2 Å². The molecule has 0 aliphatic rings. The molecule has 23 heavy (non-hydrogen) atoms. The number of carbonyl (C=O) groups excluding carboxylic acids is 1. The fourth-order valence-corrected chi connectivity index (χ4v) is 1.51. The third-order valence-corrected chi connectivity index (χ3v) is 2.65. The van der Waals surface area contributed by atoms with Gasteiger partial charge in [-0.05, 0) is 24.3 Å². The molecule has 0 spiro atoms. The van der Waals surface area contributed by atoms with Gasteiger partial charge in [-0.1, -0.05) is 29.8 Å². The largest absolute Gasteiger partial charge is 0.490 e. The lowest BCUT2D eigenvalue weighted by Gasteiger charge is -2.06. The Morgan fingerprint density at radius 1 is 1.09 bits per heavy atom. The van der Waals surface area contributed by atoms with E-state index in [2.05, 4.69) is 0 Å². The Morgan fingerprint density at radius 2 is 1.65 bits per heavy atom. The fourth-order valence-electron chi connectivity index (χ4n) is 1.29. The van der Waals surface area contributed by atoms with Crippen molar-refractivity contribution in [2.75, 3.05) is 0 Å². The average Bonchev–Trinajstić information content (AvgIpc) is 2.48. The normalized spacial score (nSPS) is 10.3. The highest BCUT2D eigenvalue weighted by Gasteiger charge is 2.38. The van der Waals surface area contributed by atoms with Crippen LogP contribution >= 0.6 is 11.6 Å². The van der Waals surface area contributed by atoms with Crippen LogP contribution in [0.1, 0.15) is 10.4 Å². The molecule has 0 saturated carbocycles. The van der Waals surface area contributed by atoms with Crippen LogP contribution in [0, 0.1) is 0 Å². The molecule has 1 N–H and O–H groups in total. The van der Waals surface area contributed by atoms with Gasteiger partial charge in [0, 0.05) is 11.6 Å². The minimum atomic E-state index is -5.08. The van der Waals surface area contributed by atoms with Crippen molar-refractivity contribution in [3.63, 3.8) is 0 Å². The van der Waals surface area contributed by atoms with Gasteiger partial charge in [0.2, 0.25) is 0 Å². The molecule has 0 amide bonds. The minimum absolute atomic E-state index is 0.392. The molecule has 0 heterocycles. The monoisotopic (exact) mass is 346 g/mol. The Bertz CT molecular complexity index is 672. The Morgan fingerprint density at radius 3 is 2.09 bits per heavy atom. The van der Waals surface area contributed by atoms with Gasteiger partial charge in [-0.15, -0.1) is 0 Å². The van der Waals surface area contributed by atoms with E-state index in [0.29, 0.717) is 22.6 Å². The van der Waals surface area contributed by atoms with Gasteiger partial charge in [0.15, 0.2) is 6.29 Å². The molecule has 8 heteroatoms. The van der Waals surface area contributed by atoms with E-state index in [0.717, 1.165) is 5.75 Å². The molecule has 0 aliphatic heterocycles. The van der Waals surface area contributed by atoms with Crippen molar-refractivity contribution in [1.82, 2.24) is 0 Å². The first-order chi connectivity index (χ1) is 10.7. The van der Waals surface area contributed by atoms with Crippen molar-refractivity contribution < 1.29 is 32.6 Å². The van der Waals surface area contributed by atoms with E-state index in [1.54, 1.807) is 18.2 Å². The summed E-state index contributed by atoms with van der Waals surface area (Å²) in [6, 6.07) is 14.3. The van der Waals surface area contributed by atoms with Crippen LogP contribution in [0.5, 0.6) is 11.5 Å². The Hall–Kier alpha value is -2.54. The lowest BCUT2D eigenvalue weighted by molar-refractivity contribution is -0.192. The smallest absolute Gasteiger partial charge is 0.475 e. The second-order valence-corrected chi connectivity index (χ2v) is 4.43. The molecule has 0 unspecified atom stereocenters. The molecule has 122 valence electrons. The predicted octanol–water partition coefficient (Wildman–Crippen LogP) is 4.58. The molecule has 2 rings (SSSR count). The zero-order valence-electron chi connectivity index (χ0n) is 11.4. The van der Waals surface area contributed by atoms with E-state index in [1.807, 2.05) is 30.3 Å². The second kappa shape index (κ2) is 8.19. The van der Waals surface area contributed by atoms with Crippen molar-refractivity contribution in [2.45, 2.75) is 6.18 Å². The van der Waals surface area contributed by atoms with Gasteiger partial charge >= 0.3 is 12.1 Å². The summed E-state index contributed by atoms with van der Waals surface area (Å²) in [5, 5.41) is 7.52. The van der Waals surface area contributed by atoms with Crippen molar-refractivity contribution in [3.8, 4) is 11.5 Å². The number of benzene rings is 2. The first kappa shape index (κ1) is 18.5. The summed E-state index contributed by atoms with van der Waals surface area (Å²) in [6.07, 6.45) is -4.37. The fraction of sp³-hybridized carbons (Fsp3) is 0.0667. The molecule has 0 bridgehead atoms. The number of carboxylic acid groups (broad SMARTS) is 1. The maximum Gasteiger partial charge on any atom is 0.490 e. The zero-order valence-corrected chi connectivity index (χ0v) is 12.1. The number of ether oxygens (including phenoxy) is 1. The van der Waals surface area contributed by atoms with Crippen molar-refractivity contribution in [1.29, 1.82) is 0 Å². The van der Waals surface area contributed by atoms with Crippen LogP contribution in [0.15, 0.2) is 48.5 Å². The van der Waals surface area contributed by atoms with Gasteiger partial charge in [-0.2, -0.15) is 13.2 Å². The van der Waals surface area contributed by atoms with Crippen LogP contribution in [-0.2, 0) is 4.79 Å². The number of aldehydes is 1. The molecular weight excluding hydrogens is 337 g/mol. The summed E-state index contributed by atoms with van der Waals surface area (Å²) >= 11 is 5.88. The van der Waals surface area contributed by atoms with E-state index in [-0.39, 0.29) is 0 Å². The number of carbonyl (C=O) groups is 2. The Kier molecular flexibility index (Phi) is 6.59. The number of carboxylic acids is 1. The van der Waals surface area contributed by atoms with E-state index < -0.39 is 12.1 Å². The number of aliphatic carboxylic acids is 1. The maximum absolute atomic E-state index is 10.6. The third kappa shape index (κ3) is 6.39. The van der Waals surface area contributed by atoms with E-state index in [9.17, 15) is 18.0 Å². The zero-order chi connectivity index (χ0) is 17.5. The Labute approximate surface area is 134 Å². The summed E-state index contributed by atoms with van der Waals surface area (Å²) in [7, 11) is 0. The number of rotatable bonds is 3. The molecule has 0 fully saturated rings. The molecule has 0 aliphatic carbocycles. The van der Waals surface area contributed by atoms with Crippen LogP contribution in [0.4, 0.5) is 13.2 Å². The molecule has 0 atom stereocenters. The van der Waals surface area contributed by atoms with Crippen LogP contribution < -0.4 is 4.74 Å². The number of hydrogen-bond donors (Lipinski definition) is 1. The molecule has 0 radical (unpaired) electrons. The highest BCUT2D eigenvalue weighted by Crippen LogP contribution is 2.25. The molecule has 0 saturated heterocycles.